The third-order valence-corrected chi connectivity index (χ3v) is 7.05. The summed E-state index contributed by atoms with van der Waals surface area (Å²) in [7, 11) is 0. The average Bonchev–Trinajstić information content (AvgIpc) is 3.58. The Morgan fingerprint density at radius 2 is 2.06 bits per heavy atom. The van der Waals surface area contributed by atoms with Crippen molar-refractivity contribution in [2.75, 3.05) is 24.5 Å². The zero-order chi connectivity index (χ0) is 23.4. The molecule has 12 heteroatoms. The van der Waals surface area contributed by atoms with E-state index >= 15 is 0 Å². The smallest absolute Gasteiger partial charge is 0.407 e. The molecular formula is C22H21ClN8O3. The molecule has 2 N–H and O–H groups in total. The number of carboxylic acid groups (broad SMARTS) is 1. The molecule has 1 aromatic carbocycles. The van der Waals surface area contributed by atoms with Crippen LogP contribution in [0.3, 0.4) is 0 Å². The number of aromatic amines is 1. The normalized spacial score (nSPS) is 20.6. The highest BCUT2D eigenvalue weighted by atomic mass is 35.5. The molecular weight excluding hydrogens is 460 g/mol. The second-order valence-corrected chi connectivity index (χ2v) is 9.01. The van der Waals surface area contributed by atoms with Crippen LogP contribution in [0, 0.1) is 0 Å². The first-order chi connectivity index (χ1) is 16.5. The highest BCUT2D eigenvalue weighted by Crippen LogP contribution is 2.38. The Hall–Kier alpha value is -3.73. The number of amides is 1. The van der Waals surface area contributed by atoms with E-state index < -0.39 is 6.09 Å². The molecule has 1 unspecified atom stereocenters. The van der Waals surface area contributed by atoms with E-state index in [1.165, 1.54) is 11.2 Å². The van der Waals surface area contributed by atoms with Gasteiger partial charge in [-0.25, -0.2) is 24.7 Å². The highest BCUT2D eigenvalue weighted by molar-refractivity contribution is 6.35. The summed E-state index contributed by atoms with van der Waals surface area (Å²) in [6, 6.07) is 4.68. The van der Waals surface area contributed by atoms with Crippen LogP contribution in [-0.2, 0) is 0 Å². The summed E-state index contributed by atoms with van der Waals surface area (Å²) in [6.45, 7) is 1.32. The van der Waals surface area contributed by atoms with Crippen LogP contribution in [0.25, 0.3) is 22.1 Å². The summed E-state index contributed by atoms with van der Waals surface area (Å²) in [4.78, 5) is 49.9. The maximum absolute atomic E-state index is 13.8. The van der Waals surface area contributed by atoms with Crippen molar-refractivity contribution in [3.05, 3.63) is 52.1 Å². The fraction of sp³-hybridized carbons (Fsp3) is 0.364. The van der Waals surface area contributed by atoms with E-state index in [0.717, 1.165) is 24.9 Å². The summed E-state index contributed by atoms with van der Waals surface area (Å²) >= 11 is 6.41. The first kappa shape index (κ1) is 20.8. The van der Waals surface area contributed by atoms with Crippen molar-refractivity contribution in [3.63, 3.8) is 0 Å². The lowest BCUT2D eigenvalue weighted by molar-refractivity contribution is 0.154. The lowest BCUT2D eigenvalue weighted by Gasteiger charge is -2.29. The third kappa shape index (κ3) is 3.18. The maximum atomic E-state index is 13.8. The third-order valence-electron chi connectivity index (χ3n) is 6.73. The van der Waals surface area contributed by atoms with E-state index in [1.54, 1.807) is 29.1 Å². The fourth-order valence-corrected chi connectivity index (χ4v) is 5.44. The van der Waals surface area contributed by atoms with Gasteiger partial charge in [0, 0.05) is 19.6 Å². The van der Waals surface area contributed by atoms with E-state index in [-0.39, 0.29) is 24.2 Å². The van der Waals surface area contributed by atoms with Gasteiger partial charge in [-0.15, -0.1) is 0 Å². The summed E-state index contributed by atoms with van der Waals surface area (Å²) in [5.74, 6) is 1.30. The number of nitrogens with one attached hydrogen (secondary N) is 1. The molecule has 3 aromatic heterocycles. The molecule has 0 bridgehead atoms. The monoisotopic (exact) mass is 480 g/mol. The van der Waals surface area contributed by atoms with Crippen molar-refractivity contribution < 1.29 is 9.90 Å². The van der Waals surface area contributed by atoms with E-state index in [9.17, 15) is 14.7 Å². The molecule has 0 spiro atoms. The zero-order valence-electron chi connectivity index (χ0n) is 18.1. The van der Waals surface area contributed by atoms with Gasteiger partial charge in [-0.2, -0.15) is 0 Å². The molecule has 4 aromatic rings. The van der Waals surface area contributed by atoms with Gasteiger partial charge in [0.25, 0.3) is 5.56 Å². The molecule has 0 aliphatic carbocycles. The van der Waals surface area contributed by atoms with Crippen molar-refractivity contribution in [3.8, 4) is 0 Å². The molecule has 174 valence electrons. The number of likely N-dealkylation sites (tertiary alicyclic amines) is 1. The van der Waals surface area contributed by atoms with Crippen LogP contribution in [0.15, 0.2) is 35.6 Å². The molecule has 2 atom stereocenters. The van der Waals surface area contributed by atoms with Gasteiger partial charge in [0.2, 0.25) is 0 Å². The number of imidazole rings is 1. The van der Waals surface area contributed by atoms with Gasteiger partial charge < -0.3 is 19.9 Å². The average molecular weight is 481 g/mol. The SMILES string of the molecule is O=C(O)N1CCC(n2c([C@@H]3CCCN3c3ncnc4nc[nH]c34)nc3cccc(Cl)c3c2=O)C1. The summed E-state index contributed by atoms with van der Waals surface area (Å²) in [5.41, 5.74) is 1.58. The number of aromatic nitrogens is 6. The number of nitrogens with zero attached hydrogens (tertiary/aromatic N) is 7. The number of rotatable bonds is 3. The molecule has 1 amide bonds. The summed E-state index contributed by atoms with van der Waals surface area (Å²) < 4.78 is 1.67. The molecule has 2 aliphatic rings. The highest BCUT2D eigenvalue weighted by Gasteiger charge is 2.37. The number of H-pyrrole nitrogens is 1. The summed E-state index contributed by atoms with van der Waals surface area (Å²) in [5, 5.41) is 10.2. The molecule has 11 nitrogen and oxygen atoms in total. The van der Waals surface area contributed by atoms with Gasteiger partial charge in [-0.3, -0.25) is 9.36 Å². The van der Waals surface area contributed by atoms with Gasteiger partial charge in [-0.1, -0.05) is 17.7 Å². The second-order valence-electron chi connectivity index (χ2n) is 8.60. The Balaban J connectivity index is 1.54. The Kier molecular flexibility index (Phi) is 4.87. The van der Waals surface area contributed by atoms with Crippen LogP contribution < -0.4 is 10.5 Å². The Morgan fingerprint density at radius 1 is 1.18 bits per heavy atom. The molecule has 34 heavy (non-hydrogen) atoms. The predicted octanol–water partition coefficient (Wildman–Crippen LogP) is 2.98. The molecule has 2 aliphatic heterocycles. The van der Waals surface area contributed by atoms with Gasteiger partial charge in [-0.05, 0) is 31.4 Å². The number of fused-ring (bicyclic) bond motifs is 2. The Bertz CT molecular complexity index is 1480. The van der Waals surface area contributed by atoms with E-state index in [4.69, 9.17) is 16.6 Å². The van der Waals surface area contributed by atoms with Gasteiger partial charge in [0.05, 0.1) is 34.3 Å². The maximum Gasteiger partial charge on any atom is 0.407 e. The number of carbonyl (C=O) groups is 1. The lowest BCUT2D eigenvalue weighted by Crippen LogP contribution is -2.36. The molecule has 2 fully saturated rings. The topological polar surface area (TPSA) is 133 Å². The van der Waals surface area contributed by atoms with E-state index in [0.29, 0.717) is 46.2 Å². The van der Waals surface area contributed by atoms with Crippen LogP contribution in [0.4, 0.5) is 10.6 Å². The Labute approximate surface area is 198 Å². The van der Waals surface area contributed by atoms with Crippen LogP contribution in [0.2, 0.25) is 5.02 Å². The van der Waals surface area contributed by atoms with Gasteiger partial charge in [0.1, 0.15) is 17.7 Å². The fourth-order valence-electron chi connectivity index (χ4n) is 5.19. The van der Waals surface area contributed by atoms with Crippen LogP contribution >= 0.6 is 11.6 Å². The first-order valence-electron chi connectivity index (χ1n) is 11.1. The quantitative estimate of drug-likeness (QED) is 0.457. The molecule has 5 heterocycles. The van der Waals surface area contributed by atoms with Gasteiger partial charge >= 0.3 is 6.09 Å². The van der Waals surface area contributed by atoms with E-state index in [1.807, 2.05) is 0 Å². The zero-order valence-corrected chi connectivity index (χ0v) is 18.8. The second kappa shape index (κ2) is 7.94. The summed E-state index contributed by atoms with van der Waals surface area (Å²) in [6.07, 6.45) is 4.26. The lowest BCUT2D eigenvalue weighted by atomic mass is 10.1. The minimum Gasteiger partial charge on any atom is -0.465 e. The Morgan fingerprint density at radius 3 is 2.88 bits per heavy atom. The standard InChI is InChI=1S/C22H21ClN8O3/c23-13-3-1-4-14-16(13)21(32)31(12-6-8-29(9-12)22(33)34)19(28-14)15-5-2-7-30(15)20-17-18(25-10-24-17)26-11-27-20/h1,3-4,10-12,15H,2,5-9H2,(H,33,34)(H,24,25,26,27)/t12?,15-/m0/s1. The van der Waals surface area contributed by atoms with Crippen molar-refractivity contribution in [2.45, 2.75) is 31.3 Å². The first-order valence-corrected chi connectivity index (χ1v) is 11.5. The molecule has 2 saturated heterocycles. The van der Waals surface area contributed by atoms with Crippen molar-refractivity contribution >= 4 is 45.6 Å². The minimum atomic E-state index is -0.992. The number of halogens is 1. The van der Waals surface area contributed by atoms with Crippen molar-refractivity contribution in [1.82, 2.24) is 34.4 Å². The van der Waals surface area contributed by atoms with Crippen LogP contribution in [0.5, 0.6) is 0 Å². The number of hydrogen-bond acceptors (Lipinski definition) is 7. The largest absolute Gasteiger partial charge is 0.465 e. The number of hydrogen-bond donors (Lipinski definition) is 2. The predicted molar refractivity (Wildman–Crippen MR) is 125 cm³/mol. The molecule has 6 rings (SSSR count). The van der Waals surface area contributed by atoms with E-state index in [2.05, 4.69) is 24.8 Å². The van der Waals surface area contributed by atoms with Crippen LogP contribution in [-0.4, -0.2) is 65.2 Å². The van der Waals surface area contributed by atoms with Gasteiger partial charge in [0.15, 0.2) is 11.5 Å². The van der Waals surface area contributed by atoms with Crippen LogP contribution in [0.1, 0.15) is 37.2 Å². The van der Waals surface area contributed by atoms with Crippen molar-refractivity contribution in [2.24, 2.45) is 0 Å². The minimum absolute atomic E-state index is 0.226. The number of anilines is 1. The molecule has 0 radical (unpaired) electrons. The van der Waals surface area contributed by atoms with Crippen molar-refractivity contribution in [1.29, 1.82) is 0 Å². The molecule has 0 saturated carbocycles. The number of benzene rings is 1.